The number of ether oxygens (including phenoxy) is 1. The average Bonchev–Trinajstić information content (AvgIpc) is 2.93. The highest BCUT2D eigenvalue weighted by molar-refractivity contribution is 5.73. The average molecular weight is 255 g/mol. The molecule has 0 saturated carbocycles. The van der Waals surface area contributed by atoms with E-state index in [0.29, 0.717) is 5.75 Å². The Morgan fingerprint density at radius 3 is 2.53 bits per heavy atom. The van der Waals surface area contributed by atoms with Crippen molar-refractivity contribution < 1.29 is 9.84 Å². The number of hydrogen-bond donors (Lipinski definition) is 2. The molecule has 2 aromatic carbocycles. The molecule has 2 N–H and O–H groups in total. The van der Waals surface area contributed by atoms with Crippen LogP contribution < -0.4 is 5.32 Å². The second-order valence-corrected chi connectivity index (χ2v) is 4.69. The van der Waals surface area contributed by atoms with Gasteiger partial charge in [-0.05, 0) is 17.2 Å². The van der Waals surface area contributed by atoms with Crippen LogP contribution in [0.5, 0.6) is 5.75 Å². The first kappa shape index (κ1) is 12.2. The van der Waals surface area contributed by atoms with E-state index >= 15 is 0 Å². The molecule has 1 saturated heterocycles. The summed E-state index contributed by atoms with van der Waals surface area (Å²) in [6.45, 7) is 1.67. The van der Waals surface area contributed by atoms with Gasteiger partial charge in [-0.1, -0.05) is 42.5 Å². The Morgan fingerprint density at radius 1 is 1.05 bits per heavy atom. The van der Waals surface area contributed by atoms with Gasteiger partial charge in [0.15, 0.2) is 0 Å². The summed E-state index contributed by atoms with van der Waals surface area (Å²) in [6.07, 6.45) is 0.886. The molecule has 3 heteroatoms. The molecule has 1 aliphatic heterocycles. The number of aromatic hydroxyl groups is 1. The quantitative estimate of drug-likeness (QED) is 0.885. The van der Waals surface area contributed by atoms with Gasteiger partial charge in [0.2, 0.25) is 0 Å². The Hall–Kier alpha value is -1.84. The van der Waals surface area contributed by atoms with Crippen LogP contribution in [-0.2, 0) is 11.2 Å². The third-order valence-electron chi connectivity index (χ3n) is 3.41. The fourth-order valence-corrected chi connectivity index (χ4v) is 2.47. The van der Waals surface area contributed by atoms with Crippen LogP contribution in [0.1, 0.15) is 5.56 Å². The molecule has 0 unspecified atom stereocenters. The van der Waals surface area contributed by atoms with E-state index in [0.717, 1.165) is 30.7 Å². The summed E-state index contributed by atoms with van der Waals surface area (Å²) in [5.74, 6) is 0.315. The van der Waals surface area contributed by atoms with E-state index < -0.39 is 0 Å². The molecule has 3 nitrogen and oxygen atoms in total. The first-order valence-electron chi connectivity index (χ1n) is 6.56. The van der Waals surface area contributed by atoms with Crippen molar-refractivity contribution in [1.29, 1.82) is 0 Å². The number of benzene rings is 2. The highest BCUT2D eigenvalue weighted by Gasteiger charge is 2.17. The van der Waals surface area contributed by atoms with E-state index in [-0.39, 0.29) is 6.23 Å². The molecule has 1 atom stereocenters. The monoisotopic (exact) mass is 255 g/mol. The lowest BCUT2D eigenvalue weighted by molar-refractivity contribution is 0.102. The van der Waals surface area contributed by atoms with Gasteiger partial charge in [-0.2, -0.15) is 0 Å². The summed E-state index contributed by atoms with van der Waals surface area (Å²) in [5.41, 5.74) is 3.12. The topological polar surface area (TPSA) is 41.5 Å². The SMILES string of the molecule is Oc1ccccc1-c1ccccc1C[C@H]1NCCO1. The van der Waals surface area contributed by atoms with Crippen LogP contribution in [0.2, 0.25) is 0 Å². The zero-order valence-electron chi connectivity index (χ0n) is 10.7. The second kappa shape index (κ2) is 5.43. The first-order valence-corrected chi connectivity index (χ1v) is 6.56. The van der Waals surface area contributed by atoms with Gasteiger partial charge in [0, 0.05) is 18.5 Å². The summed E-state index contributed by atoms with van der Waals surface area (Å²) >= 11 is 0. The third-order valence-corrected chi connectivity index (χ3v) is 3.41. The molecule has 0 bridgehead atoms. The Balaban J connectivity index is 1.95. The van der Waals surface area contributed by atoms with E-state index in [9.17, 15) is 5.11 Å². The van der Waals surface area contributed by atoms with Crippen molar-refractivity contribution in [3.63, 3.8) is 0 Å². The summed E-state index contributed by atoms with van der Waals surface area (Å²) in [4.78, 5) is 0. The van der Waals surface area contributed by atoms with Crippen molar-refractivity contribution in [2.24, 2.45) is 0 Å². The van der Waals surface area contributed by atoms with Crippen molar-refractivity contribution in [3.8, 4) is 16.9 Å². The Morgan fingerprint density at radius 2 is 1.79 bits per heavy atom. The number of hydrogen-bond acceptors (Lipinski definition) is 3. The van der Waals surface area contributed by atoms with Crippen LogP contribution in [0.15, 0.2) is 48.5 Å². The molecule has 1 heterocycles. The Labute approximate surface area is 112 Å². The fourth-order valence-electron chi connectivity index (χ4n) is 2.47. The summed E-state index contributed by atoms with van der Waals surface area (Å²) in [6, 6.07) is 15.6. The molecule has 98 valence electrons. The zero-order valence-corrected chi connectivity index (χ0v) is 10.7. The molecular weight excluding hydrogens is 238 g/mol. The molecule has 0 amide bonds. The van der Waals surface area contributed by atoms with Gasteiger partial charge in [0.05, 0.1) is 6.61 Å². The highest BCUT2D eigenvalue weighted by atomic mass is 16.5. The Bertz CT molecular complexity index is 562. The smallest absolute Gasteiger partial charge is 0.123 e. The van der Waals surface area contributed by atoms with E-state index in [1.54, 1.807) is 6.07 Å². The number of nitrogens with one attached hydrogen (secondary N) is 1. The van der Waals surface area contributed by atoms with Gasteiger partial charge in [-0.3, -0.25) is 5.32 Å². The van der Waals surface area contributed by atoms with Gasteiger partial charge in [0.1, 0.15) is 12.0 Å². The van der Waals surface area contributed by atoms with Crippen LogP contribution in [0.3, 0.4) is 0 Å². The minimum Gasteiger partial charge on any atom is -0.507 e. The lowest BCUT2D eigenvalue weighted by Gasteiger charge is -2.14. The molecule has 1 aliphatic rings. The molecule has 19 heavy (non-hydrogen) atoms. The van der Waals surface area contributed by atoms with Crippen molar-refractivity contribution in [2.45, 2.75) is 12.6 Å². The maximum Gasteiger partial charge on any atom is 0.123 e. The molecular formula is C16H17NO2. The molecule has 0 radical (unpaired) electrons. The minimum absolute atomic E-state index is 0.0759. The van der Waals surface area contributed by atoms with E-state index in [1.807, 2.05) is 36.4 Å². The van der Waals surface area contributed by atoms with Gasteiger partial charge in [-0.25, -0.2) is 0 Å². The molecule has 0 spiro atoms. The molecule has 1 fully saturated rings. The minimum atomic E-state index is 0.0759. The van der Waals surface area contributed by atoms with Crippen molar-refractivity contribution in [2.75, 3.05) is 13.2 Å². The zero-order chi connectivity index (χ0) is 13.1. The maximum atomic E-state index is 10.0. The van der Waals surface area contributed by atoms with Crippen LogP contribution in [0.4, 0.5) is 0 Å². The summed E-state index contributed by atoms with van der Waals surface area (Å²) < 4.78 is 5.60. The van der Waals surface area contributed by atoms with Crippen LogP contribution >= 0.6 is 0 Å². The molecule has 0 aromatic heterocycles. The number of rotatable bonds is 3. The summed E-state index contributed by atoms with van der Waals surface area (Å²) in [5, 5.41) is 13.3. The first-order chi connectivity index (χ1) is 9.34. The largest absolute Gasteiger partial charge is 0.507 e. The lowest BCUT2D eigenvalue weighted by Crippen LogP contribution is -2.25. The van der Waals surface area contributed by atoms with E-state index in [2.05, 4.69) is 11.4 Å². The molecule has 2 aromatic rings. The van der Waals surface area contributed by atoms with Crippen LogP contribution in [0, 0.1) is 0 Å². The van der Waals surface area contributed by atoms with Gasteiger partial charge in [0.25, 0.3) is 0 Å². The van der Waals surface area contributed by atoms with Crippen molar-refractivity contribution in [3.05, 3.63) is 54.1 Å². The predicted octanol–water partition coefficient (Wildman–Crippen LogP) is 2.55. The second-order valence-electron chi connectivity index (χ2n) is 4.69. The van der Waals surface area contributed by atoms with Crippen LogP contribution in [-0.4, -0.2) is 24.5 Å². The van der Waals surface area contributed by atoms with Crippen LogP contribution in [0.25, 0.3) is 11.1 Å². The van der Waals surface area contributed by atoms with Gasteiger partial charge >= 0.3 is 0 Å². The van der Waals surface area contributed by atoms with E-state index in [4.69, 9.17) is 4.74 Å². The maximum absolute atomic E-state index is 10.0. The van der Waals surface area contributed by atoms with Crippen molar-refractivity contribution >= 4 is 0 Å². The normalized spacial score (nSPS) is 18.6. The van der Waals surface area contributed by atoms with Crippen molar-refractivity contribution in [1.82, 2.24) is 5.32 Å². The molecule has 3 rings (SSSR count). The van der Waals surface area contributed by atoms with Gasteiger partial charge in [-0.15, -0.1) is 0 Å². The molecule has 0 aliphatic carbocycles. The number of para-hydroxylation sites is 1. The lowest BCUT2D eigenvalue weighted by atomic mass is 9.96. The Kier molecular flexibility index (Phi) is 3.49. The third kappa shape index (κ3) is 2.62. The predicted molar refractivity (Wildman–Crippen MR) is 75.0 cm³/mol. The fraction of sp³-hybridized carbons (Fsp3) is 0.250. The van der Waals surface area contributed by atoms with E-state index in [1.165, 1.54) is 5.56 Å². The highest BCUT2D eigenvalue weighted by Crippen LogP contribution is 2.31. The van der Waals surface area contributed by atoms with Gasteiger partial charge < -0.3 is 9.84 Å². The number of phenolic OH excluding ortho intramolecular Hbond substituents is 1. The number of phenols is 1. The summed E-state index contributed by atoms with van der Waals surface area (Å²) in [7, 11) is 0. The standard InChI is InChI=1S/C16H17NO2/c18-15-8-4-3-7-14(15)13-6-2-1-5-12(13)11-16-17-9-10-19-16/h1-8,16-18H,9-11H2/t16-/m0/s1.